The van der Waals surface area contributed by atoms with Gasteiger partial charge in [-0.1, -0.05) is 0 Å². The standard InChI is InChI=1S/C7H14O7/c8-1-2(9)6-4(11)3(10)5(12)7(13)14-6/h2-13H,1H2/t2-,3-,4-,5+,6-,7+/m0/s1. The third-order valence-electron chi connectivity index (χ3n) is 2.19. The second-order valence-electron chi connectivity index (χ2n) is 3.21. The van der Waals surface area contributed by atoms with Crippen LogP contribution in [0, 0.1) is 0 Å². The van der Waals surface area contributed by atoms with E-state index in [1.54, 1.807) is 0 Å². The van der Waals surface area contributed by atoms with E-state index >= 15 is 0 Å². The summed E-state index contributed by atoms with van der Waals surface area (Å²) in [6.07, 6.45) is -9.26. The van der Waals surface area contributed by atoms with Gasteiger partial charge in [-0.25, -0.2) is 0 Å². The average molecular weight is 210 g/mol. The van der Waals surface area contributed by atoms with E-state index in [1.807, 2.05) is 0 Å². The fraction of sp³-hybridized carbons (Fsp3) is 1.00. The molecule has 1 aliphatic rings. The Morgan fingerprint density at radius 3 is 2.07 bits per heavy atom. The minimum Gasteiger partial charge on any atom is -0.394 e. The molecule has 1 aliphatic heterocycles. The van der Waals surface area contributed by atoms with E-state index < -0.39 is 43.4 Å². The van der Waals surface area contributed by atoms with Crippen molar-refractivity contribution in [3.8, 4) is 0 Å². The lowest BCUT2D eigenvalue weighted by atomic mass is 9.96. The van der Waals surface area contributed by atoms with E-state index in [0.717, 1.165) is 0 Å². The number of aliphatic hydroxyl groups excluding tert-OH is 6. The van der Waals surface area contributed by atoms with Gasteiger partial charge in [0.05, 0.1) is 6.61 Å². The first-order valence-corrected chi connectivity index (χ1v) is 4.15. The molecule has 0 aromatic carbocycles. The van der Waals surface area contributed by atoms with Gasteiger partial charge in [-0.2, -0.15) is 0 Å². The van der Waals surface area contributed by atoms with Crippen molar-refractivity contribution < 1.29 is 35.4 Å². The van der Waals surface area contributed by atoms with Gasteiger partial charge in [-0.3, -0.25) is 0 Å². The summed E-state index contributed by atoms with van der Waals surface area (Å²) in [4.78, 5) is 0. The number of rotatable bonds is 2. The van der Waals surface area contributed by atoms with Crippen LogP contribution in [0.1, 0.15) is 0 Å². The van der Waals surface area contributed by atoms with Gasteiger partial charge in [0.1, 0.15) is 30.5 Å². The van der Waals surface area contributed by atoms with Crippen LogP contribution in [-0.4, -0.2) is 74.1 Å². The highest BCUT2D eigenvalue weighted by atomic mass is 16.6. The van der Waals surface area contributed by atoms with Gasteiger partial charge >= 0.3 is 0 Å². The molecule has 0 aromatic rings. The van der Waals surface area contributed by atoms with Crippen LogP contribution in [0.4, 0.5) is 0 Å². The summed E-state index contributed by atoms with van der Waals surface area (Å²) in [7, 11) is 0. The van der Waals surface area contributed by atoms with Crippen LogP contribution in [0.5, 0.6) is 0 Å². The van der Waals surface area contributed by atoms with E-state index in [2.05, 4.69) is 4.74 Å². The highest BCUT2D eigenvalue weighted by molar-refractivity contribution is 4.91. The number of hydrogen-bond acceptors (Lipinski definition) is 7. The van der Waals surface area contributed by atoms with Gasteiger partial charge in [0.25, 0.3) is 0 Å². The van der Waals surface area contributed by atoms with Gasteiger partial charge in [0, 0.05) is 0 Å². The van der Waals surface area contributed by atoms with Crippen LogP contribution in [0.3, 0.4) is 0 Å². The molecule has 1 rings (SSSR count). The number of ether oxygens (including phenoxy) is 1. The molecule has 14 heavy (non-hydrogen) atoms. The number of aliphatic hydroxyl groups is 6. The molecule has 1 saturated heterocycles. The lowest BCUT2D eigenvalue weighted by Gasteiger charge is -2.39. The lowest BCUT2D eigenvalue weighted by Crippen LogP contribution is -2.61. The van der Waals surface area contributed by atoms with Crippen LogP contribution in [-0.2, 0) is 4.74 Å². The maximum atomic E-state index is 9.31. The first kappa shape index (κ1) is 11.8. The van der Waals surface area contributed by atoms with Crippen molar-refractivity contribution in [2.45, 2.75) is 36.8 Å². The molecule has 0 unspecified atom stereocenters. The molecular weight excluding hydrogens is 196 g/mol. The molecule has 7 heteroatoms. The zero-order chi connectivity index (χ0) is 10.9. The van der Waals surface area contributed by atoms with Gasteiger partial charge in [0.15, 0.2) is 6.29 Å². The Labute approximate surface area is 79.8 Å². The Hall–Kier alpha value is -0.280. The Bertz CT molecular complexity index is 187. The Kier molecular flexibility index (Phi) is 3.78. The Morgan fingerprint density at radius 2 is 1.57 bits per heavy atom. The van der Waals surface area contributed by atoms with E-state index in [0.29, 0.717) is 0 Å². The first-order valence-electron chi connectivity index (χ1n) is 4.15. The largest absolute Gasteiger partial charge is 0.394 e. The van der Waals surface area contributed by atoms with Gasteiger partial charge < -0.3 is 35.4 Å². The average Bonchev–Trinajstić information content (AvgIpc) is 2.19. The van der Waals surface area contributed by atoms with Gasteiger partial charge in [-0.05, 0) is 0 Å². The first-order chi connectivity index (χ1) is 6.49. The fourth-order valence-electron chi connectivity index (χ4n) is 1.31. The summed E-state index contributed by atoms with van der Waals surface area (Å²) in [5.41, 5.74) is 0. The highest BCUT2D eigenvalue weighted by Gasteiger charge is 2.45. The third-order valence-corrected chi connectivity index (χ3v) is 2.19. The van der Waals surface area contributed by atoms with Crippen LogP contribution in [0.25, 0.3) is 0 Å². The zero-order valence-electron chi connectivity index (χ0n) is 7.26. The normalized spacial score (nSPS) is 46.3. The summed E-state index contributed by atoms with van der Waals surface area (Å²) >= 11 is 0. The Morgan fingerprint density at radius 1 is 1.00 bits per heavy atom. The SMILES string of the molecule is OC[C@H](O)[C@@H]1O[C@@H](O)[C@H](O)[C@@H](O)[C@@H]1O. The predicted octanol–water partition coefficient (Wildman–Crippen LogP) is -3.86. The summed E-state index contributed by atoms with van der Waals surface area (Å²) in [6, 6.07) is 0. The lowest BCUT2D eigenvalue weighted by molar-refractivity contribution is -0.298. The predicted molar refractivity (Wildman–Crippen MR) is 42.0 cm³/mol. The van der Waals surface area contributed by atoms with E-state index in [4.69, 9.17) is 20.4 Å². The molecule has 0 aromatic heterocycles. The van der Waals surface area contributed by atoms with Crippen molar-refractivity contribution in [2.75, 3.05) is 6.61 Å². The highest BCUT2D eigenvalue weighted by Crippen LogP contribution is 2.21. The minimum atomic E-state index is -1.69. The molecule has 6 N–H and O–H groups in total. The van der Waals surface area contributed by atoms with Crippen LogP contribution in [0.2, 0.25) is 0 Å². The van der Waals surface area contributed by atoms with Crippen LogP contribution in [0.15, 0.2) is 0 Å². The molecule has 0 bridgehead atoms. The third kappa shape index (κ3) is 2.04. The molecule has 0 saturated carbocycles. The molecule has 7 nitrogen and oxygen atoms in total. The van der Waals surface area contributed by atoms with Crippen molar-refractivity contribution in [2.24, 2.45) is 0 Å². The van der Waals surface area contributed by atoms with Gasteiger partial charge in [-0.15, -0.1) is 0 Å². The second kappa shape index (κ2) is 4.49. The zero-order valence-corrected chi connectivity index (χ0v) is 7.26. The number of hydrogen-bond donors (Lipinski definition) is 6. The fourth-order valence-corrected chi connectivity index (χ4v) is 1.31. The second-order valence-corrected chi connectivity index (χ2v) is 3.21. The van der Waals surface area contributed by atoms with E-state index in [-0.39, 0.29) is 0 Å². The van der Waals surface area contributed by atoms with Crippen molar-refractivity contribution in [1.29, 1.82) is 0 Å². The van der Waals surface area contributed by atoms with E-state index in [1.165, 1.54) is 0 Å². The minimum absolute atomic E-state index is 0.683. The quantitative estimate of drug-likeness (QED) is 0.275. The van der Waals surface area contributed by atoms with Crippen molar-refractivity contribution >= 4 is 0 Å². The molecular formula is C7H14O7. The molecule has 84 valence electrons. The summed E-state index contributed by atoms with van der Waals surface area (Å²) < 4.78 is 4.62. The van der Waals surface area contributed by atoms with E-state index in [9.17, 15) is 10.2 Å². The summed E-state index contributed by atoms with van der Waals surface area (Å²) in [5, 5.41) is 54.3. The molecule has 0 radical (unpaired) electrons. The van der Waals surface area contributed by atoms with Crippen LogP contribution >= 0.6 is 0 Å². The van der Waals surface area contributed by atoms with Crippen molar-refractivity contribution in [1.82, 2.24) is 0 Å². The van der Waals surface area contributed by atoms with Gasteiger partial charge in [0.2, 0.25) is 0 Å². The topological polar surface area (TPSA) is 131 Å². The van der Waals surface area contributed by atoms with Crippen LogP contribution < -0.4 is 0 Å². The molecule has 1 heterocycles. The molecule has 0 amide bonds. The van der Waals surface area contributed by atoms with Crippen molar-refractivity contribution in [3.63, 3.8) is 0 Å². The molecule has 0 aliphatic carbocycles. The molecule has 0 spiro atoms. The summed E-state index contributed by atoms with van der Waals surface area (Å²) in [5.74, 6) is 0. The van der Waals surface area contributed by atoms with Crippen molar-refractivity contribution in [3.05, 3.63) is 0 Å². The molecule has 1 fully saturated rings. The monoisotopic (exact) mass is 210 g/mol. The molecule has 6 atom stereocenters. The maximum absolute atomic E-state index is 9.31. The maximum Gasteiger partial charge on any atom is 0.184 e. The summed E-state index contributed by atoms with van der Waals surface area (Å²) in [6.45, 7) is -0.683. The Balaban J connectivity index is 2.70. The smallest absolute Gasteiger partial charge is 0.184 e.